The molecule has 0 saturated carbocycles. The van der Waals surface area contributed by atoms with Gasteiger partial charge in [0.2, 0.25) is 5.01 Å². The average molecular weight is 444 g/mol. The molecule has 1 heterocycles. The highest BCUT2D eigenvalue weighted by Gasteiger charge is 2.15. The molecule has 0 aliphatic rings. The Hall–Kier alpha value is -2.90. The Balaban J connectivity index is 1.75. The van der Waals surface area contributed by atoms with E-state index in [0.29, 0.717) is 33.8 Å². The molecule has 30 heavy (non-hydrogen) atoms. The van der Waals surface area contributed by atoms with Crippen molar-refractivity contribution in [3.63, 3.8) is 0 Å². The summed E-state index contributed by atoms with van der Waals surface area (Å²) in [6.07, 6.45) is 2.64. The lowest BCUT2D eigenvalue weighted by Gasteiger charge is -2.10. The van der Waals surface area contributed by atoms with E-state index in [4.69, 9.17) is 21.1 Å². The Morgan fingerprint density at radius 3 is 2.57 bits per heavy atom. The first-order chi connectivity index (χ1) is 14.5. The second-order valence-corrected chi connectivity index (χ2v) is 7.87. The fraction of sp³-hybridized carbons (Fsp3) is 0.227. The van der Waals surface area contributed by atoms with Gasteiger partial charge in [0, 0.05) is 5.69 Å². The van der Waals surface area contributed by atoms with E-state index >= 15 is 0 Å². The van der Waals surface area contributed by atoms with E-state index in [1.54, 1.807) is 13.2 Å². The van der Waals surface area contributed by atoms with Crippen molar-refractivity contribution in [1.82, 2.24) is 10.2 Å². The monoisotopic (exact) mass is 443 g/mol. The molecule has 0 unspecified atom stereocenters. The van der Waals surface area contributed by atoms with Gasteiger partial charge in [-0.3, -0.25) is 4.79 Å². The standard InChI is InChI=1S/C22H22ClN3O3S/c1-4-11-29-19-13-15(7-10-18(19)28-3)12-17(23)21-25-26-22(30-21)20(27)24-16-8-5-14(2)6-9-16/h5-10,12-13H,4,11H2,1-3H3,(H,24,27)/b17-12-. The van der Waals surface area contributed by atoms with E-state index in [2.05, 4.69) is 15.5 Å². The normalized spacial score (nSPS) is 11.3. The number of carbonyl (C=O) groups excluding carboxylic acids is 1. The van der Waals surface area contributed by atoms with Gasteiger partial charge in [-0.1, -0.05) is 53.6 Å². The molecule has 0 saturated heterocycles. The van der Waals surface area contributed by atoms with E-state index < -0.39 is 0 Å². The number of methoxy groups -OCH3 is 1. The minimum atomic E-state index is -0.327. The summed E-state index contributed by atoms with van der Waals surface area (Å²) in [5, 5.41) is 11.9. The van der Waals surface area contributed by atoms with Gasteiger partial charge in [0.25, 0.3) is 5.91 Å². The smallest absolute Gasteiger partial charge is 0.286 e. The lowest BCUT2D eigenvalue weighted by molar-refractivity contribution is 0.102. The number of aromatic nitrogens is 2. The first kappa shape index (κ1) is 21.8. The first-order valence-electron chi connectivity index (χ1n) is 9.40. The Bertz CT molecular complexity index is 1050. The predicted octanol–water partition coefficient (Wildman–Crippen LogP) is 5.63. The first-order valence-corrected chi connectivity index (χ1v) is 10.6. The molecule has 0 atom stereocenters. The maximum Gasteiger partial charge on any atom is 0.286 e. The lowest BCUT2D eigenvalue weighted by Crippen LogP contribution is -2.11. The number of ether oxygens (including phenoxy) is 2. The molecule has 0 aliphatic heterocycles. The van der Waals surface area contributed by atoms with Crippen molar-refractivity contribution in [3.05, 3.63) is 63.6 Å². The van der Waals surface area contributed by atoms with Crippen molar-refractivity contribution < 1.29 is 14.3 Å². The molecule has 6 nitrogen and oxygen atoms in total. The van der Waals surface area contributed by atoms with E-state index in [1.807, 2.05) is 56.3 Å². The Kier molecular flexibility index (Phi) is 7.43. The van der Waals surface area contributed by atoms with E-state index in [1.165, 1.54) is 0 Å². The zero-order chi connectivity index (χ0) is 21.5. The van der Waals surface area contributed by atoms with Gasteiger partial charge in [-0.2, -0.15) is 0 Å². The van der Waals surface area contributed by atoms with Crippen molar-refractivity contribution in [3.8, 4) is 11.5 Å². The van der Waals surface area contributed by atoms with Crippen molar-refractivity contribution in [2.75, 3.05) is 19.0 Å². The Labute approximate surface area is 184 Å². The number of carbonyl (C=O) groups is 1. The van der Waals surface area contributed by atoms with Crippen LogP contribution in [0.2, 0.25) is 0 Å². The number of rotatable bonds is 8. The molecule has 0 spiro atoms. The molecule has 8 heteroatoms. The van der Waals surface area contributed by atoms with Crippen molar-refractivity contribution in [1.29, 1.82) is 0 Å². The topological polar surface area (TPSA) is 73.3 Å². The molecule has 2 aromatic carbocycles. The molecule has 0 bridgehead atoms. The molecular weight excluding hydrogens is 422 g/mol. The lowest BCUT2D eigenvalue weighted by atomic mass is 10.2. The summed E-state index contributed by atoms with van der Waals surface area (Å²) < 4.78 is 11.1. The van der Waals surface area contributed by atoms with Gasteiger partial charge in [-0.25, -0.2) is 0 Å². The number of anilines is 1. The molecular formula is C22H22ClN3O3S. The molecule has 3 aromatic rings. The second-order valence-electron chi connectivity index (χ2n) is 6.48. The summed E-state index contributed by atoms with van der Waals surface area (Å²) in [7, 11) is 1.60. The highest BCUT2D eigenvalue weighted by Crippen LogP contribution is 2.31. The number of benzene rings is 2. The molecule has 0 aliphatic carbocycles. The van der Waals surface area contributed by atoms with Crippen LogP contribution in [0.15, 0.2) is 42.5 Å². The Morgan fingerprint density at radius 1 is 1.13 bits per heavy atom. The van der Waals surface area contributed by atoms with Crippen LogP contribution < -0.4 is 14.8 Å². The summed E-state index contributed by atoms with van der Waals surface area (Å²) in [4.78, 5) is 12.4. The average Bonchev–Trinajstić information content (AvgIpc) is 3.25. The molecule has 0 fully saturated rings. The van der Waals surface area contributed by atoms with E-state index in [9.17, 15) is 4.79 Å². The molecule has 3 rings (SSSR count). The van der Waals surface area contributed by atoms with Gasteiger partial charge in [-0.05, 0) is 49.2 Å². The van der Waals surface area contributed by atoms with E-state index in [-0.39, 0.29) is 10.9 Å². The fourth-order valence-electron chi connectivity index (χ4n) is 2.55. The van der Waals surface area contributed by atoms with Crippen molar-refractivity contribution >= 4 is 45.6 Å². The van der Waals surface area contributed by atoms with Crippen LogP contribution in [0.4, 0.5) is 5.69 Å². The minimum absolute atomic E-state index is 0.235. The highest BCUT2D eigenvalue weighted by atomic mass is 35.5. The van der Waals surface area contributed by atoms with Crippen LogP contribution in [-0.4, -0.2) is 29.8 Å². The van der Waals surface area contributed by atoms with Crippen LogP contribution in [0.3, 0.4) is 0 Å². The summed E-state index contributed by atoms with van der Waals surface area (Å²) >= 11 is 7.56. The third-order valence-corrected chi connectivity index (χ3v) is 5.43. The van der Waals surface area contributed by atoms with Gasteiger partial charge in [0.15, 0.2) is 16.5 Å². The van der Waals surface area contributed by atoms with Crippen LogP contribution in [0.25, 0.3) is 11.1 Å². The summed E-state index contributed by atoms with van der Waals surface area (Å²) in [5.74, 6) is 0.975. The van der Waals surface area contributed by atoms with Crippen LogP contribution in [0.1, 0.15) is 39.3 Å². The third-order valence-electron chi connectivity index (χ3n) is 4.08. The molecule has 156 valence electrons. The van der Waals surface area contributed by atoms with Gasteiger partial charge in [0.1, 0.15) is 0 Å². The van der Waals surface area contributed by atoms with Crippen LogP contribution in [-0.2, 0) is 0 Å². The van der Waals surface area contributed by atoms with Gasteiger partial charge in [0.05, 0.1) is 18.7 Å². The maximum absolute atomic E-state index is 12.4. The van der Waals surface area contributed by atoms with Gasteiger partial charge >= 0.3 is 0 Å². The minimum Gasteiger partial charge on any atom is -0.493 e. The number of aryl methyl sites for hydroxylation is 1. The largest absolute Gasteiger partial charge is 0.493 e. The van der Waals surface area contributed by atoms with Gasteiger partial charge < -0.3 is 14.8 Å². The fourth-order valence-corrected chi connectivity index (χ4v) is 3.48. The maximum atomic E-state index is 12.4. The summed E-state index contributed by atoms with van der Waals surface area (Å²) in [6, 6.07) is 13.1. The SMILES string of the molecule is CCCOc1cc(/C=C(\Cl)c2nnc(C(=O)Nc3ccc(C)cc3)s2)ccc1OC. The number of hydrogen-bond donors (Lipinski definition) is 1. The third kappa shape index (κ3) is 5.58. The van der Waals surface area contributed by atoms with Crippen LogP contribution in [0.5, 0.6) is 11.5 Å². The highest BCUT2D eigenvalue weighted by molar-refractivity contribution is 7.15. The van der Waals surface area contributed by atoms with E-state index in [0.717, 1.165) is 28.9 Å². The zero-order valence-corrected chi connectivity index (χ0v) is 18.5. The number of hydrogen-bond acceptors (Lipinski definition) is 6. The second kappa shape index (κ2) is 10.2. The molecule has 1 aromatic heterocycles. The van der Waals surface area contributed by atoms with Crippen molar-refractivity contribution in [2.45, 2.75) is 20.3 Å². The van der Waals surface area contributed by atoms with Crippen LogP contribution in [0, 0.1) is 6.92 Å². The molecule has 1 amide bonds. The van der Waals surface area contributed by atoms with Gasteiger partial charge in [-0.15, -0.1) is 10.2 Å². The number of nitrogens with one attached hydrogen (secondary N) is 1. The number of amides is 1. The quantitative estimate of drug-likeness (QED) is 0.488. The summed E-state index contributed by atoms with van der Waals surface area (Å²) in [6.45, 7) is 4.61. The number of nitrogens with zero attached hydrogens (tertiary/aromatic N) is 2. The predicted molar refractivity (Wildman–Crippen MR) is 122 cm³/mol. The van der Waals surface area contributed by atoms with Crippen molar-refractivity contribution in [2.24, 2.45) is 0 Å². The zero-order valence-electron chi connectivity index (χ0n) is 16.9. The molecule has 1 N–H and O–H groups in total. The summed E-state index contributed by atoms with van der Waals surface area (Å²) in [5.41, 5.74) is 2.64. The number of halogens is 1. The Morgan fingerprint density at radius 2 is 1.87 bits per heavy atom. The molecule has 0 radical (unpaired) electrons. The van der Waals surface area contributed by atoms with Crippen LogP contribution >= 0.6 is 22.9 Å².